The average Bonchev–Trinajstić information content (AvgIpc) is 2.53. The van der Waals surface area contributed by atoms with Crippen molar-refractivity contribution in [2.24, 2.45) is 0 Å². The maximum Gasteiger partial charge on any atom is 0.410 e. The second-order valence-corrected chi connectivity index (χ2v) is 10.3. The van der Waals surface area contributed by atoms with E-state index in [-0.39, 0.29) is 13.2 Å². The van der Waals surface area contributed by atoms with Crippen molar-refractivity contribution in [3.63, 3.8) is 0 Å². The van der Waals surface area contributed by atoms with E-state index in [4.69, 9.17) is 13.8 Å². The minimum absolute atomic E-state index is 0.200. The van der Waals surface area contributed by atoms with Crippen molar-refractivity contribution in [1.29, 1.82) is 0 Å². The lowest BCUT2D eigenvalue weighted by Gasteiger charge is -2.31. The van der Waals surface area contributed by atoms with Crippen LogP contribution in [0.2, 0.25) is 0 Å². The molecule has 0 rings (SSSR count). The van der Waals surface area contributed by atoms with Crippen LogP contribution in [0.25, 0.3) is 0 Å². The molecule has 0 saturated heterocycles. The first kappa shape index (κ1) is 26.2. The molecule has 2 unspecified atom stereocenters. The highest BCUT2D eigenvalue weighted by atomic mass is 32.2. The summed E-state index contributed by atoms with van der Waals surface area (Å²) in [5.74, 6) is -0.591. The number of hydrogen-bond donors (Lipinski definition) is 1. The molecule has 8 nitrogen and oxygen atoms in total. The molecule has 10 heteroatoms. The van der Waals surface area contributed by atoms with Gasteiger partial charge >= 0.3 is 13.7 Å². The Balaban J connectivity index is 5.30. The molecule has 2 amide bonds. The zero-order valence-electron chi connectivity index (χ0n) is 17.7. The van der Waals surface area contributed by atoms with Crippen LogP contribution < -0.4 is 5.32 Å². The second-order valence-electron chi connectivity index (χ2n) is 6.95. The van der Waals surface area contributed by atoms with Crippen LogP contribution in [0.3, 0.4) is 0 Å². The summed E-state index contributed by atoms with van der Waals surface area (Å²) in [6, 6.07) is -0.758. The van der Waals surface area contributed by atoms with Crippen LogP contribution in [0.4, 0.5) is 4.79 Å². The van der Waals surface area contributed by atoms with Gasteiger partial charge < -0.3 is 19.1 Å². The fraction of sp³-hybridized carbons (Fsp3) is 0.882. The Morgan fingerprint density at radius 2 is 1.70 bits per heavy atom. The maximum absolute atomic E-state index is 12.8. The summed E-state index contributed by atoms with van der Waals surface area (Å²) in [7, 11) is -1.97. The van der Waals surface area contributed by atoms with Gasteiger partial charge in [-0.2, -0.15) is 11.8 Å². The van der Waals surface area contributed by atoms with Crippen molar-refractivity contribution in [2.45, 2.75) is 65.4 Å². The fourth-order valence-corrected chi connectivity index (χ4v) is 4.18. The first-order valence-corrected chi connectivity index (χ1v) is 12.1. The van der Waals surface area contributed by atoms with E-state index in [0.717, 1.165) is 0 Å². The lowest BCUT2D eigenvalue weighted by molar-refractivity contribution is -0.126. The number of ether oxygens (including phenoxy) is 1. The molecule has 27 heavy (non-hydrogen) atoms. The number of thioether (sulfide) groups is 1. The highest BCUT2D eigenvalue weighted by Gasteiger charge is 2.36. The number of carbonyl (C=O) groups excluding carboxylic acids is 2. The Morgan fingerprint density at radius 3 is 2.11 bits per heavy atom. The molecule has 0 radical (unpaired) electrons. The molecule has 0 aliphatic carbocycles. The van der Waals surface area contributed by atoms with Gasteiger partial charge in [-0.15, -0.1) is 0 Å². The molecule has 2 atom stereocenters. The summed E-state index contributed by atoms with van der Waals surface area (Å²) in [4.78, 5) is 26.5. The van der Waals surface area contributed by atoms with E-state index in [1.54, 1.807) is 53.3 Å². The SMILES string of the molecule is CCOP(=O)(OCC)C(C)NC(=O)C(CCSC)N(C)C(=O)OC(C)(C)C. The molecule has 0 aliphatic heterocycles. The number of hydrogen-bond acceptors (Lipinski definition) is 7. The number of rotatable bonds is 11. The smallest absolute Gasteiger partial charge is 0.410 e. The van der Waals surface area contributed by atoms with Crippen molar-refractivity contribution in [1.82, 2.24) is 10.2 Å². The average molecular weight is 427 g/mol. The van der Waals surface area contributed by atoms with E-state index >= 15 is 0 Å². The predicted octanol–water partition coefficient (Wildman–Crippen LogP) is 3.70. The third-order valence-electron chi connectivity index (χ3n) is 3.49. The lowest BCUT2D eigenvalue weighted by Crippen LogP contribution is -2.51. The summed E-state index contributed by atoms with van der Waals surface area (Å²) < 4.78 is 28.7. The van der Waals surface area contributed by atoms with Crippen LogP contribution in [0.15, 0.2) is 0 Å². The van der Waals surface area contributed by atoms with E-state index in [1.165, 1.54) is 11.9 Å². The summed E-state index contributed by atoms with van der Waals surface area (Å²) in [5.41, 5.74) is -0.668. The van der Waals surface area contributed by atoms with Gasteiger partial charge in [0, 0.05) is 7.05 Å². The van der Waals surface area contributed by atoms with Gasteiger partial charge in [-0.3, -0.25) is 14.3 Å². The van der Waals surface area contributed by atoms with Gasteiger partial charge in [0.15, 0.2) is 0 Å². The van der Waals surface area contributed by atoms with Gasteiger partial charge in [0.25, 0.3) is 0 Å². The second kappa shape index (κ2) is 11.9. The van der Waals surface area contributed by atoms with E-state index in [0.29, 0.717) is 12.2 Å². The molecular weight excluding hydrogens is 391 g/mol. The van der Waals surface area contributed by atoms with Crippen molar-refractivity contribution >= 4 is 31.4 Å². The van der Waals surface area contributed by atoms with E-state index in [2.05, 4.69) is 5.32 Å². The number of nitrogens with one attached hydrogen (secondary N) is 1. The van der Waals surface area contributed by atoms with Crippen LogP contribution in [0.1, 0.15) is 48.0 Å². The maximum atomic E-state index is 12.8. The molecule has 0 bridgehead atoms. The number of amides is 2. The summed E-state index contributed by atoms with van der Waals surface area (Å²) >= 11 is 1.57. The molecular formula is C17H35N2O6PS. The molecule has 0 fully saturated rings. The Labute approximate surface area is 167 Å². The van der Waals surface area contributed by atoms with Crippen molar-refractivity contribution in [3.8, 4) is 0 Å². The summed E-state index contributed by atoms with van der Waals surface area (Å²) in [6.07, 6.45) is 1.76. The first-order valence-electron chi connectivity index (χ1n) is 9.05. The predicted molar refractivity (Wildman–Crippen MR) is 109 cm³/mol. The molecule has 0 aromatic carbocycles. The minimum Gasteiger partial charge on any atom is -0.444 e. The Kier molecular flexibility index (Phi) is 11.6. The highest BCUT2D eigenvalue weighted by molar-refractivity contribution is 7.98. The number of nitrogens with zero attached hydrogens (tertiary/aromatic N) is 1. The standard InChI is InChI=1S/C17H35N2O6PS/c1-9-23-26(22,24-10-2)13(3)18-15(20)14(11-12-27-8)19(7)16(21)25-17(4,5)6/h13-14H,9-12H2,1-8H3,(H,18,20). The van der Waals surface area contributed by atoms with Gasteiger partial charge in [-0.05, 0) is 60.0 Å². The topological polar surface area (TPSA) is 94.2 Å². The number of carbonyl (C=O) groups is 2. The van der Waals surface area contributed by atoms with Crippen molar-refractivity contribution in [2.75, 3.05) is 32.3 Å². The van der Waals surface area contributed by atoms with Crippen molar-refractivity contribution in [3.05, 3.63) is 0 Å². The summed E-state index contributed by atoms with van der Waals surface area (Å²) in [6.45, 7) is 10.7. The molecule has 0 aliphatic rings. The van der Waals surface area contributed by atoms with Gasteiger partial charge in [0.1, 0.15) is 17.4 Å². The zero-order valence-corrected chi connectivity index (χ0v) is 19.4. The Bertz CT molecular complexity index is 516. The van der Waals surface area contributed by atoms with Crippen LogP contribution >= 0.6 is 19.4 Å². The largest absolute Gasteiger partial charge is 0.444 e. The normalized spacial score (nSPS) is 14.4. The molecule has 160 valence electrons. The Morgan fingerprint density at radius 1 is 1.19 bits per heavy atom. The molecule has 0 heterocycles. The third kappa shape index (κ3) is 9.32. The van der Waals surface area contributed by atoms with Crippen LogP contribution in [0, 0.1) is 0 Å². The van der Waals surface area contributed by atoms with E-state index in [1.807, 2.05) is 6.26 Å². The van der Waals surface area contributed by atoms with Gasteiger partial charge in [0.05, 0.1) is 13.2 Å². The van der Waals surface area contributed by atoms with E-state index < -0.39 is 37.0 Å². The zero-order chi connectivity index (χ0) is 21.3. The molecule has 0 saturated carbocycles. The fourth-order valence-electron chi connectivity index (χ4n) is 2.19. The number of likely N-dealkylation sites (N-methyl/N-ethyl adjacent to an activating group) is 1. The van der Waals surface area contributed by atoms with Crippen molar-refractivity contribution < 1.29 is 27.9 Å². The van der Waals surface area contributed by atoms with Gasteiger partial charge in [-0.25, -0.2) is 4.79 Å². The van der Waals surface area contributed by atoms with Gasteiger partial charge in [-0.1, -0.05) is 0 Å². The van der Waals surface area contributed by atoms with Crippen LogP contribution in [0.5, 0.6) is 0 Å². The molecule has 0 spiro atoms. The van der Waals surface area contributed by atoms with Gasteiger partial charge in [0.2, 0.25) is 5.91 Å². The lowest BCUT2D eigenvalue weighted by atomic mass is 10.2. The quantitative estimate of drug-likeness (QED) is 0.503. The van der Waals surface area contributed by atoms with Crippen LogP contribution in [-0.2, 0) is 23.1 Å². The molecule has 0 aromatic rings. The molecule has 0 aromatic heterocycles. The van der Waals surface area contributed by atoms with Crippen LogP contribution in [-0.4, -0.2) is 66.6 Å². The monoisotopic (exact) mass is 426 g/mol. The first-order chi connectivity index (χ1) is 12.4. The molecule has 1 N–H and O–H groups in total. The Hall–Kier alpha value is -0.760. The summed E-state index contributed by atoms with van der Waals surface area (Å²) in [5, 5.41) is 2.69. The minimum atomic E-state index is -3.49. The van der Waals surface area contributed by atoms with E-state index in [9.17, 15) is 14.2 Å². The highest BCUT2D eigenvalue weighted by Crippen LogP contribution is 2.51. The third-order valence-corrected chi connectivity index (χ3v) is 6.45.